The van der Waals surface area contributed by atoms with Gasteiger partial charge in [-0.25, -0.2) is 0 Å². The standard InChI is InChI=1S/C12H25NO/c1-3-5-6-11(4-2)7-13-8-12(9-13)10-14/h11-12,14H,3-10H2,1-2H3. The Bertz CT molecular complexity index is 143. The smallest absolute Gasteiger partial charge is 0.0483 e. The Morgan fingerprint density at radius 3 is 2.57 bits per heavy atom. The van der Waals surface area contributed by atoms with Crippen molar-refractivity contribution in [2.24, 2.45) is 11.8 Å². The number of hydrogen-bond acceptors (Lipinski definition) is 2. The Morgan fingerprint density at radius 2 is 2.07 bits per heavy atom. The molecule has 0 spiro atoms. The largest absolute Gasteiger partial charge is 0.396 e. The molecule has 0 radical (unpaired) electrons. The summed E-state index contributed by atoms with van der Waals surface area (Å²) in [6, 6.07) is 0. The van der Waals surface area contributed by atoms with Gasteiger partial charge in [0.1, 0.15) is 0 Å². The summed E-state index contributed by atoms with van der Waals surface area (Å²) in [7, 11) is 0. The normalized spacial score (nSPS) is 20.8. The molecule has 2 nitrogen and oxygen atoms in total. The van der Waals surface area contributed by atoms with Crippen molar-refractivity contribution in [3.63, 3.8) is 0 Å². The van der Waals surface area contributed by atoms with E-state index in [2.05, 4.69) is 18.7 Å². The molecule has 1 saturated heterocycles. The van der Waals surface area contributed by atoms with Crippen LogP contribution in [0.25, 0.3) is 0 Å². The van der Waals surface area contributed by atoms with E-state index in [1.54, 1.807) is 0 Å². The predicted molar refractivity (Wildman–Crippen MR) is 60.3 cm³/mol. The highest BCUT2D eigenvalue weighted by Gasteiger charge is 2.26. The molecule has 84 valence electrons. The number of hydrogen-bond donors (Lipinski definition) is 1. The van der Waals surface area contributed by atoms with E-state index in [-0.39, 0.29) is 0 Å². The fourth-order valence-corrected chi connectivity index (χ4v) is 2.22. The number of rotatable bonds is 7. The molecule has 1 heterocycles. The maximum absolute atomic E-state index is 8.91. The first-order chi connectivity index (χ1) is 6.80. The molecule has 1 rings (SSSR count). The SMILES string of the molecule is CCCCC(CC)CN1CC(CO)C1. The molecule has 0 aromatic heterocycles. The Morgan fingerprint density at radius 1 is 1.36 bits per heavy atom. The zero-order valence-electron chi connectivity index (χ0n) is 9.71. The van der Waals surface area contributed by atoms with Crippen molar-refractivity contribution in [2.75, 3.05) is 26.2 Å². The number of unbranched alkanes of at least 4 members (excludes halogenated alkanes) is 1. The topological polar surface area (TPSA) is 23.5 Å². The van der Waals surface area contributed by atoms with Gasteiger partial charge in [-0.3, -0.25) is 0 Å². The molecule has 1 fully saturated rings. The van der Waals surface area contributed by atoms with Crippen molar-refractivity contribution in [1.82, 2.24) is 4.90 Å². The van der Waals surface area contributed by atoms with E-state index < -0.39 is 0 Å². The molecule has 1 N–H and O–H groups in total. The van der Waals surface area contributed by atoms with Gasteiger partial charge in [-0.2, -0.15) is 0 Å². The monoisotopic (exact) mass is 199 g/mol. The van der Waals surface area contributed by atoms with Gasteiger partial charge in [0.25, 0.3) is 0 Å². The fourth-order valence-electron chi connectivity index (χ4n) is 2.22. The molecule has 0 bridgehead atoms. The summed E-state index contributed by atoms with van der Waals surface area (Å²) in [4.78, 5) is 2.49. The Balaban J connectivity index is 2.09. The van der Waals surface area contributed by atoms with Crippen LogP contribution in [0.4, 0.5) is 0 Å². The molecule has 0 amide bonds. The van der Waals surface area contributed by atoms with Crippen molar-refractivity contribution < 1.29 is 5.11 Å². The van der Waals surface area contributed by atoms with Crippen molar-refractivity contribution in [2.45, 2.75) is 39.5 Å². The number of nitrogens with zero attached hydrogens (tertiary/aromatic N) is 1. The van der Waals surface area contributed by atoms with Crippen LogP contribution in [-0.4, -0.2) is 36.2 Å². The van der Waals surface area contributed by atoms with Gasteiger partial charge in [-0.1, -0.05) is 33.1 Å². The molecule has 14 heavy (non-hydrogen) atoms. The quantitative estimate of drug-likeness (QED) is 0.679. The lowest BCUT2D eigenvalue weighted by atomic mass is 9.94. The predicted octanol–water partition coefficient (Wildman–Crippen LogP) is 2.13. The number of likely N-dealkylation sites (tertiary alicyclic amines) is 1. The summed E-state index contributed by atoms with van der Waals surface area (Å²) in [6.45, 7) is 8.44. The third-order valence-corrected chi connectivity index (χ3v) is 3.35. The highest BCUT2D eigenvalue weighted by Crippen LogP contribution is 2.20. The second-order valence-corrected chi connectivity index (χ2v) is 4.68. The zero-order valence-corrected chi connectivity index (χ0v) is 9.71. The molecule has 1 aliphatic heterocycles. The average molecular weight is 199 g/mol. The maximum Gasteiger partial charge on any atom is 0.0483 e. The van der Waals surface area contributed by atoms with Crippen LogP contribution >= 0.6 is 0 Å². The second-order valence-electron chi connectivity index (χ2n) is 4.68. The summed E-state index contributed by atoms with van der Waals surface area (Å²) in [5.41, 5.74) is 0. The minimum atomic E-state index is 0.377. The molecule has 0 aromatic rings. The van der Waals surface area contributed by atoms with E-state index in [4.69, 9.17) is 5.11 Å². The lowest BCUT2D eigenvalue weighted by Crippen LogP contribution is -2.49. The Hall–Kier alpha value is -0.0800. The third kappa shape index (κ3) is 3.58. The molecular formula is C12H25NO. The van der Waals surface area contributed by atoms with Crippen molar-refractivity contribution in [1.29, 1.82) is 0 Å². The molecule has 1 atom stereocenters. The summed E-state index contributed by atoms with van der Waals surface area (Å²) in [6.07, 6.45) is 5.37. The summed E-state index contributed by atoms with van der Waals surface area (Å²) in [5, 5.41) is 8.91. The zero-order chi connectivity index (χ0) is 10.4. The molecule has 0 saturated carbocycles. The first-order valence-corrected chi connectivity index (χ1v) is 6.13. The van der Waals surface area contributed by atoms with Crippen LogP contribution in [0.2, 0.25) is 0 Å². The highest BCUT2D eigenvalue weighted by atomic mass is 16.3. The number of aliphatic hydroxyl groups excluding tert-OH is 1. The van der Waals surface area contributed by atoms with Gasteiger partial charge in [-0.05, 0) is 12.3 Å². The minimum absolute atomic E-state index is 0.377. The van der Waals surface area contributed by atoms with Gasteiger partial charge in [0.15, 0.2) is 0 Å². The lowest BCUT2D eigenvalue weighted by Gasteiger charge is -2.40. The summed E-state index contributed by atoms with van der Waals surface area (Å²) >= 11 is 0. The van der Waals surface area contributed by atoms with Gasteiger partial charge in [0.2, 0.25) is 0 Å². The molecule has 0 aliphatic carbocycles. The average Bonchev–Trinajstić information content (AvgIpc) is 2.15. The third-order valence-electron chi connectivity index (χ3n) is 3.35. The first-order valence-electron chi connectivity index (χ1n) is 6.13. The molecular weight excluding hydrogens is 174 g/mol. The van der Waals surface area contributed by atoms with E-state index in [1.165, 1.54) is 32.2 Å². The van der Waals surface area contributed by atoms with Crippen molar-refractivity contribution >= 4 is 0 Å². The van der Waals surface area contributed by atoms with Crippen LogP contribution in [-0.2, 0) is 0 Å². The lowest BCUT2D eigenvalue weighted by molar-refractivity contribution is 0.0398. The van der Waals surface area contributed by atoms with E-state index in [0.29, 0.717) is 12.5 Å². The van der Waals surface area contributed by atoms with E-state index >= 15 is 0 Å². The van der Waals surface area contributed by atoms with Crippen LogP contribution in [0.5, 0.6) is 0 Å². The fraction of sp³-hybridized carbons (Fsp3) is 1.00. The van der Waals surface area contributed by atoms with Gasteiger partial charge >= 0.3 is 0 Å². The van der Waals surface area contributed by atoms with Crippen LogP contribution < -0.4 is 0 Å². The molecule has 0 aromatic carbocycles. The van der Waals surface area contributed by atoms with Gasteiger partial charge < -0.3 is 10.0 Å². The highest BCUT2D eigenvalue weighted by molar-refractivity contribution is 4.80. The van der Waals surface area contributed by atoms with Crippen LogP contribution in [0, 0.1) is 11.8 Å². The van der Waals surface area contributed by atoms with Crippen LogP contribution in [0.15, 0.2) is 0 Å². The van der Waals surface area contributed by atoms with E-state index in [0.717, 1.165) is 19.0 Å². The van der Waals surface area contributed by atoms with E-state index in [1.807, 2.05) is 0 Å². The van der Waals surface area contributed by atoms with Gasteiger partial charge in [-0.15, -0.1) is 0 Å². The van der Waals surface area contributed by atoms with Gasteiger partial charge in [0, 0.05) is 32.2 Å². The minimum Gasteiger partial charge on any atom is -0.396 e. The van der Waals surface area contributed by atoms with Crippen LogP contribution in [0.1, 0.15) is 39.5 Å². The molecule has 2 heteroatoms. The van der Waals surface area contributed by atoms with Crippen molar-refractivity contribution in [3.8, 4) is 0 Å². The molecule has 1 aliphatic rings. The molecule has 1 unspecified atom stereocenters. The van der Waals surface area contributed by atoms with Crippen LogP contribution in [0.3, 0.4) is 0 Å². The number of aliphatic hydroxyl groups is 1. The maximum atomic E-state index is 8.91. The van der Waals surface area contributed by atoms with Crippen molar-refractivity contribution in [3.05, 3.63) is 0 Å². The summed E-state index contributed by atoms with van der Waals surface area (Å²) < 4.78 is 0. The first kappa shape index (κ1) is 12.0. The van der Waals surface area contributed by atoms with E-state index in [9.17, 15) is 0 Å². The second kappa shape index (κ2) is 6.41. The van der Waals surface area contributed by atoms with Gasteiger partial charge in [0.05, 0.1) is 0 Å². The summed E-state index contributed by atoms with van der Waals surface area (Å²) in [5.74, 6) is 1.45. The Kier molecular flexibility index (Phi) is 5.49. The Labute approximate surface area is 88.3 Å².